The van der Waals surface area contributed by atoms with Gasteiger partial charge >= 0.3 is 6.03 Å². The van der Waals surface area contributed by atoms with E-state index in [-0.39, 0.29) is 5.91 Å². The van der Waals surface area contributed by atoms with Gasteiger partial charge in [0.05, 0.1) is 10.7 Å². The number of carbonyl (C=O) groups is 2. The van der Waals surface area contributed by atoms with Crippen LogP contribution >= 0.6 is 24.4 Å². The molecule has 0 heterocycles. The molecule has 0 unspecified atom stereocenters. The van der Waals surface area contributed by atoms with Gasteiger partial charge in [0.15, 0.2) is 0 Å². The highest BCUT2D eigenvalue weighted by Gasteiger charge is 2.13. The van der Waals surface area contributed by atoms with E-state index in [0.29, 0.717) is 34.4 Å². The molecule has 154 valence electrons. The Hall–Kier alpha value is -3.16. The summed E-state index contributed by atoms with van der Waals surface area (Å²) in [4.78, 5) is 23.6. The summed E-state index contributed by atoms with van der Waals surface area (Å²) in [5.74, 6) is 0.353. The molecule has 0 saturated carbocycles. The quantitative estimate of drug-likeness (QED) is 0.426. The van der Waals surface area contributed by atoms with Crippen LogP contribution in [-0.2, 0) is 11.4 Å². The molecule has 0 aliphatic rings. The fourth-order valence-electron chi connectivity index (χ4n) is 2.61. The lowest BCUT2D eigenvalue weighted by Crippen LogP contribution is -2.26. The summed E-state index contributed by atoms with van der Waals surface area (Å²) in [6.45, 7) is 1.82. The lowest BCUT2D eigenvalue weighted by atomic mass is 10.2. The smallest absolute Gasteiger partial charge is 0.336 e. The van der Waals surface area contributed by atoms with Gasteiger partial charge < -0.3 is 15.4 Å². The van der Waals surface area contributed by atoms with Crippen LogP contribution in [0.5, 0.6) is 5.75 Å². The van der Waals surface area contributed by atoms with Crippen LogP contribution in [-0.4, -0.2) is 11.9 Å². The number of halogens is 1. The molecular weight excluding hydrogens is 422 g/mol. The van der Waals surface area contributed by atoms with E-state index >= 15 is 0 Å². The van der Waals surface area contributed by atoms with E-state index in [1.54, 1.807) is 42.5 Å². The van der Waals surface area contributed by atoms with Crippen molar-refractivity contribution in [3.05, 3.63) is 83.4 Å². The predicted octanol–water partition coefficient (Wildman–Crippen LogP) is 5.76. The second kappa shape index (κ2) is 10.0. The van der Waals surface area contributed by atoms with Crippen LogP contribution in [0.15, 0.2) is 72.8 Å². The standard InChI is InChI=1S/C22H20ClN3O3S/c1-15(27)24-17-7-10-19(11-8-17)26(30)22(28)25-18-9-12-21(20(23)13-18)29-14-16-5-3-2-4-6-16/h2-13,30H,14H2,1H3,(H,24,27)(H,25,28). The minimum absolute atomic E-state index is 0.170. The van der Waals surface area contributed by atoms with Gasteiger partial charge in [0.25, 0.3) is 0 Å². The van der Waals surface area contributed by atoms with Gasteiger partial charge in [-0.05, 0) is 48.0 Å². The number of anilines is 3. The molecule has 0 aromatic heterocycles. The monoisotopic (exact) mass is 441 g/mol. The molecule has 30 heavy (non-hydrogen) atoms. The molecular formula is C22H20ClN3O3S. The summed E-state index contributed by atoms with van der Waals surface area (Å²) in [5.41, 5.74) is 2.71. The van der Waals surface area contributed by atoms with Gasteiger partial charge in [-0.1, -0.05) is 54.7 Å². The third kappa shape index (κ3) is 5.92. The van der Waals surface area contributed by atoms with E-state index < -0.39 is 6.03 Å². The number of rotatable bonds is 6. The van der Waals surface area contributed by atoms with Crippen LogP contribution in [0.3, 0.4) is 0 Å². The fraction of sp³-hybridized carbons (Fsp3) is 0.0909. The molecule has 3 aromatic carbocycles. The van der Waals surface area contributed by atoms with E-state index in [2.05, 4.69) is 23.4 Å². The lowest BCUT2D eigenvalue weighted by molar-refractivity contribution is -0.114. The van der Waals surface area contributed by atoms with Crippen molar-refractivity contribution in [3.63, 3.8) is 0 Å². The molecule has 0 bridgehead atoms. The van der Waals surface area contributed by atoms with Crippen molar-refractivity contribution in [2.45, 2.75) is 13.5 Å². The summed E-state index contributed by atoms with van der Waals surface area (Å²) in [6.07, 6.45) is 0. The Morgan fingerprint density at radius 2 is 1.63 bits per heavy atom. The number of carbonyl (C=O) groups excluding carboxylic acids is 2. The third-order valence-electron chi connectivity index (χ3n) is 4.04. The highest BCUT2D eigenvalue weighted by molar-refractivity contribution is 7.82. The first-order chi connectivity index (χ1) is 14.4. The maximum Gasteiger partial charge on any atom is 0.336 e. The largest absolute Gasteiger partial charge is 0.487 e. The normalized spacial score (nSPS) is 10.2. The highest BCUT2D eigenvalue weighted by Crippen LogP contribution is 2.29. The van der Waals surface area contributed by atoms with Crippen molar-refractivity contribution in [2.75, 3.05) is 14.9 Å². The molecule has 3 aromatic rings. The number of hydrogen-bond donors (Lipinski definition) is 3. The van der Waals surface area contributed by atoms with E-state index in [4.69, 9.17) is 16.3 Å². The van der Waals surface area contributed by atoms with Crippen LogP contribution < -0.4 is 19.7 Å². The summed E-state index contributed by atoms with van der Waals surface area (Å²) in [6, 6.07) is 21.0. The maximum absolute atomic E-state index is 12.5. The second-order valence-corrected chi connectivity index (χ2v) is 7.20. The van der Waals surface area contributed by atoms with E-state index in [0.717, 1.165) is 9.87 Å². The Labute approximate surface area is 185 Å². The van der Waals surface area contributed by atoms with Crippen molar-refractivity contribution in [2.24, 2.45) is 0 Å². The van der Waals surface area contributed by atoms with Crippen LogP contribution in [0.1, 0.15) is 12.5 Å². The van der Waals surface area contributed by atoms with Gasteiger partial charge in [-0.25, -0.2) is 9.10 Å². The molecule has 3 rings (SSSR count). The maximum atomic E-state index is 12.5. The predicted molar refractivity (Wildman–Crippen MR) is 123 cm³/mol. The molecule has 0 saturated heterocycles. The first-order valence-corrected chi connectivity index (χ1v) is 9.84. The number of amides is 3. The zero-order valence-electron chi connectivity index (χ0n) is 16.1. The molecule has 0 atom stereocenters. The number of ether oxygens (including phenoxy) is 1. The summed E-state index contributed by atoms with van der Waals surface area (Å²) in [7, 11) is 0. The summed E-state index contributed by atoms with van der Waals surface area (Å²) in [5, 5.41) is 5.78. The molecule has 0 spiro atoms. The Bertz CT molecular complexity index is 1030. The molecule has 6 nitrogen and oxygen atoms in total. The first kappa shape index (κ1) is 21.5. The average molecular weight is 442 g/mol. The van der Waals surface area contributed by atoms with Crippen molar-refractivity contribution < 1.29 is 14.3 Å². The first-order valence-electron chi connectivity index (χ1n) is 9.06. The Balaban J connectivity index is 1.60. The van der Waals surface area contributed by atoms with Crippen molar-refractivity contribution in [1.82, 2.24) is 0 Å². The average Bonchev–Trinajstić information content (AvgIpc) is 2.73. The van der Waals surface area contributed by atoms with Crippen molar-refractivity contribution >= 4 is 53.4 Å². The molecule has 0 aliphatic heterocycles. The minimum Gasteiger partial charge on any atom is -0.487 e. The molecule has 0 radical (unpaired) electrons. The van der Waals surface area contributed by atoms with Crippen LogP contribution in [0.2, 0.25) is 5.02 Å². The Morgan fingerprint density at radius 3 is 2.27 bits per heavy atom. The zero-order valence-corrected chi connectivity index (χ0v) is 17.8. The second-order valence-electron chi connectivity index (χ2n) is 6.39. The van der Waals surface area contributed by atoms with Crippen molar-refractivity contribution in [3.8, 4) is 5.75 Å². The third-order valence-corrected chi connectivity index (χ3v) is 4.75. The number of benzene rings is 3. The number of thiol groups is 1. The number of nitrogens with zero attached hydrogens (tertiary/aromatic N) is 1. The van der Waals surface area contributed by atoms with Gasteiger partial charge in [-0.15, -0.1) is 0 Å². The van der Waals surface area contributed by atoms with Crippen LogP contribution in [0, 0.1) is 0 Å². The zero-order chi connectivity index (χ0) is 21.5. The van der Waals surface area contributed by atoms with Crippen LogP contribution in [0.4, 0.5) is 21.9 Å². The summed E-state index contributed by atoms with van der Waals surface area (Å²) < 4.78 is 6.90. The number of urea groups is 1. The minimum atomic E-state index is -0.459. The fourth-order valence-corrected chi connectivity index (χ4v) is 3.03. The number of hydrogen-bond acceptors (Lipinski definition) is 4. The SMILES string of the molecule is CC(=O)Nc1ccc(N(S)C(=O)Nc2ccc(OCc3ccccc3)c(Cl)c2)cc1. The van der Waals surface area contributed by atoms with Gasteiger partial charge in [0.1, 0.15) is 12.4 Å². The van der Waals surface area contributed by atoms with Gasteiger partial charge in [-0.3, -0.25) is 4.79 Å². The Kier molecular flexibility index (Phi) is 7.21. The Morgan fingerprint density at radius 1 is 0.967 bits per heavy atom. The van der Waals surface area contributed by atoms with E-state index in [1.807, 2.05) is 30.3 Å². The lowest BCUT2D eigenvalue weighted by Gasteiger charge is -2.17. The molecule has 8 heteroatoms. The number of nitrogens with one attached hydrogen (secondary N) is 2. The van der Waals surface area contributed by atoms with E-state index in [9.17, 15) is 9.59 Å². The van der Waals surface area contributed by atoms with Gasteiger partial charge in [0, 0.05) is 18.3 Å². The summed E-state index contributed by atoms with van der Waals surface area (Å²) >= 11 is 10.5. The highest BCUT2D eigenvalue weighted by atomic mass is 35.5. The van der Waals surface area contributed by atoms with Gasteiger partial charge in [0.2, 0.25) is 5.91 Å². The molecule has 2 N–H and O–H groups in total. The van der Waals surface area contributed by atoms with E-state index in [1.165, 1.54) is 6.92 Å². The molecule has 3 amide bonds. The molecule has 0 aliphatic carbocycles. The van der Waals surface area contributed by atoms with Crippen LogP contribution in [0.25, 0.3) is 0 Å². The molecule has 0 fully saturated rings. The topological polar surface area (TPSA) is 70.7 Å². The van der Waals surface area contributed by atoms with Gasteiger partial charge in [-0.2, -0.15) is 0 Å². The van der Waals surface area contributed by atoms with Crippen molar-refractivity contribution in [1.29, 1.82) is 0 Å².